The van der Waals surface area contributed by atoms with Gasteiger partial charge in [0.1, 0.15) is 0 Å². The van der Waals surface area contributed by atoms with Crippen molar-refractivity contribution >= 4 is 35.0 Å². The van der Waals surface area contributed by atoms with E-state index in [0.717, 1.165) is 5.75 Å². The Kier molecular flexibility index (Phi) is 4.96. The third-order valence-electron chi connectivity index (χ3n) is 2.05. The molecule has 0 heterocycles. The molecule has 0 aromatic heterocycles. The number of nitrogen functional groups attached to an aromatic ring is 1. The molecule has 3 nitrogen and oxygen atoms in total. The molecule has 0 aliphatic rings. The molecule has 1 unspecified atom stereocenters. The molecule has 0 bridgehead atoms. The van der Waals surface area contributed by atoms with E-state index in [9.17, 15) is 4.79 Å². The quantitative estimate of drug-likeness (QED) is 0.816. The van der Waals surface area contributed by atoms with E-state index in [2.05, 4.69) is 5.32 Å². The highest BCUT2D eigenvalue weighted by Gasteiger charge is 2.12. The van der Waals surface area contributed by atoms with Crippen molar-refractivity contribution in [1.82, 2.24) is 5.32 Å². The highest BCUT2D eigenvalue weighted by Crippen LogP contribution is 2.17. The molecule has 1 atom stereocenters. The summed E-state index contributed by atoms with van der Waals surface area (Å²) >= 11 is 7.50. The number of hydrogen-bond donors (Lipinski definition) is 2. The molecule has 1 rings (SSSR count). The van der Waals surface area contributed by atoms with E-state index in [-0.39, 0.29) is 11.9 Å². The standard InChI is InChI=1S/C11H15ClN2OS/c1-7(6-16-2)14-11(15)9-5-8(12)3-4-10(9)13/h3-5,7H,6,13H2,1-2H3,(H,14,15). The number of thioether (sulfide) groups is 1. The smallest absolute Gasteiger partial charge is 0.253 e. The minimum atomic E-state index is -0.179. The molecule has 0 radical (unpaired) electrons. The van der Waals surface area contributed by atoms with Gasteiger partial charge in [-0.3, -0.25) is 4.79 Å². The Morgan fingerprint density at radius 3 is 2.94 bits per heavy atom. The summed E-state index contributed by atoms with van der Waals surface area (Å²) in [7, 11) is 0. The first-order valence-electron chi connectivity index (χ1n) is 4.89. The molecule has 3 N–H and O–H groups in total. The average molecular weight is 259 g/mol. The first kappa shape index (κ1) is 13.2. The Hall–Kier alpha value is -0.870. The van der Waals surface area contributed by atoms with Gasteiger partial charge in [-0.2, -0.15) is 11.8 Å². The molecular formula is C11H15ClN2OS. The first-order chi connectivity index (χ1) is 7.54. The summed E-state index contributed by atoms with van der Waals surface area (Å²) in [5.74, 6) is 0.688. The Morgan fingerprint density at radius 2 is 2.31 bits per heavy atom. The molecular weight excluding hydrogens is 244 g/mol. The molecule has 16 heavy (non-hydrogen) atoms. The predicted octanol–water partition coefficient (Wildman–Crippen LogP) is 2.40. The zero-order chi connectivity index (χ0) is 12.1. The summed E-state index contributed by atoms with van der Waals surface area (Å²) in [6, 6.07) is 4.99. The lowest BCUT2D eigenvalue weighted by molar-refractivity contribution is 0.0944. The van der Waals surface area contributed by atoms with Gasteiger partial charge in [-0.05, 0) is 31.4 Å². The summed E-state index contributed by atoms with van der Waals surface area (Å²) in [4.78, 5) is 11.8. The molecule has 0 aliphatic heterocycles. The SMILES string of the molecule is CSCC(C)NC(=O)c1cc(Cl)ccc1N. The Bertz CT molecular complexity index is 384. The third-order valence-corrected chi connectivity index (χ3v) is 3.12. The van der Waals surface area contributed by atoms with Gasteiger partial charge in [0.2, 0.25) is 0 Å². The van der Waals surface area contributed by atoms with E-state index < -0.39 is 0 Å². The van der Waals surface area contributed by atoms with Gasteiger partial charge in [0, 0.05) is 22.5 Å². The largest absolute Gasteiger partial charge is 0.398 e. The maximum atomic E-state index is 11.8. The van der Waals surface area contributed by atoms with E-state index in [1.165, 1.54) is 0 Å². The van der Waals surface area contributed by atoms with Crippen LogP contribution in [-0.4, -0.2) is 24.0 Å². The number of nitrogens with one attached hydrogen (secondary N) is 1. The van der Waals surface area contributed by atoms with Gasteiger partial charge in [0.25, 0.3) is 5.91 Å². The lowest BCUT2D eigenvalue weighted by atomic mass is 10.1. The van der Waals surface area contributed by atoms with Crippen LogP contribution in [0.25, 0.3) is 0 Å². The number of anilines is 1. The Morgan fingerprint density at radius 1 is 1.62 bits per heavy atom. The number of carbonyl (C=O) groups excluding carboxylic acids is 1. The van der Waals surface area contributed by atoms with Gasteiger partial charge < -0.3 is 11.1 Å². The van der Waals surface area contributed by atoms with Crippen molar-refractivity contribution in [1.29, 1.82) is 0 Å². The van der Waals surface area contributed by atoms with Crippen LogP contribution in [0.1, 0.15) is 17.3 Å². The second-order valence-electron chi connectivity index (χ2n) is 3.56. The summed E-state index contributed by atoms with van der Waals surface area (Å²) < 4.78 is 0. The van der Waals surface area contributed by atoms with Crippen LogP contribution < -0.4 is 11.1 Å². The van der Waals surface area contributed by atoms with Gasteiger partial charge in [0.05, 0.1) is 5.56 Å². The van der Waals surface area contributed by atoms with Gasteiger partial charge in [-0.15, -0.1) is 0 Å². The van der Waals surface area contributed by atoms with Gasteiger partial charge in [-0.25, -0.2) is 0 Å². The van der Waals surface area contributed by atoms with Crippen molar-refractivity contribution in [3.05, 3.63) is 28.8 Å². The van der Waals surface area contributed by atoms with E-state index in [4.69, 9.17) is 17.3 Å². The Balaban J connectivity index is 2.76. The van der Waals surface area contributed by atoms with Crippen molar-refractivity contribution in [2.24, 2.45) is 0 Å². The monoisotopic (exact) mass is 258 g/mol. The number of carbonyl (C=O) groups is 1. The fraction of sp³-hybridized carbons (Fsp3) is 0.364. The lowest BCUT2D eigenvalue weighted by Crippen LogP contribution is -2.34. The second kappa shape index (κ2) is 6.01. The van der Waals surface area contributed by atoms with Crippen molar-refractivity contribution in [2.45, 2.75) is 13.0 Å². The minimum absolute atomic E-state index is 0.112. The summed E-state index contributed by atoms with van der Waals surface area (Å²) in [5.41, 5.74) is 6.59. The summed E-state index contributed by atoms with van der Waals surface area (Å²) in [5, 5.41) is 3.38. The van der Waals surface area contributed by atoms with Crippen LogP contribution in [0.5, 0.6) is 0 Å². The van der Waals surface area contributed by atoms with E-state index >= 15 is 0 Å². The van der Waals surface area contributed by atoms with Crippen molar-refractivity contribution in [3.8, 4) is 0 Å². The van der Waals surface area contributed by atoms with Crippen LogP contribution in [0.2, 0.25) is 5.02 Å². The third kappa shape index (κ3) is 3.61. The summed E-state index contributed by atoms with van der Waals surface area (Å²) in [6.45, 7) is 1.95. The van der Waals surface area contributed by atoms with Crippen LogP contribution in [-0.2, 0) is 0 Å². The van der Waals surface area contributed by atoms with E-state index in [1.807, 2.05) is 13.2 Å². The minimum Gasteiger partial charge on any atom is -0.398 e. The van der Waals surface area contributed by atoms with Crippen LogP contribution >= 0.6 is 23.4 Å². The number of nitrogens with two attached hydrogens (primary N) is 1. The Labute approximate surface area is 105 Å². The molecule has 0 aliphatic carbocycles. The molecule has 0 spiro atoms. The van der Waals surface area contributed by atoms with Crippen LogP contribution in [0.15, 0.2) is 18.2 Å². The molecule has 0 saturated carbocycles. The molecule has 0 fully saturated rings. The first-order valence-corrected chi connectivity index (χ1v) is 6.66. The highest BCUT2D eigenvalue weighted by molar-refractivity contribution is 7.98. The zero-order valence-corrected chi connectivity index (χ0v) is 10.9. The van der Waals surface area contributed by atoms with E-state index in [1.54, 1.807) is 30.0 Å². The number of rotatable bonds is 4. The molecule has 1 amide bonds. The maximum absolute atomic E-state index is 11.8. The molecule has 5 heteroatoms. The van der Waals surface area contributed by atoms with Gasteiger partial charge in [-0.1, -0.05) is 11.6 Å². The molecule has 1 aromatic rings. The van der Waals surface area contributed by atoms with Crippen LogP contribution in [0, 0.1) is 0 Å². The van der Waals surface area contributed by atoms with Gasteiger partial charge >= 0.3 is 0 Å². The molecule has 1 aromatic carbocycles. The normalized spacial score (nSPS) is 12.2. The fourth-order valence-electron chi connectivity index (χ4n) is 1.32. The van der Waals surface area contributed by atoms with Crippen molar-refractivity contribution in [2.75, 3.05) is 17.7 Å². The zero-order valence-electron chi connectivity index (χ0n) is 9.29. The van der Waals surface area contributed by atoms with Crippen LogP contribution in [0.3, 0.4) is 0 Å². The number of amides is 1. The topological polar surface area (TPSA) is 55.1 Å². The number of benzene rings is 1. The van der Waals surface area contributed by atoms with Crippen LogP contribution in [0.4, 0.5) is 5.69 Å². The maximum Gasteiger partial charge on any atom is 0.253 e. The average Bonchev–Trinajstić information content (AvgIpc) is 2.21. The molecule has 88 valence electrons. The van der Waals surface area contributed by atoms with Crippen molar-refractivity contribution < 1.29 is 4.79 Å². The predicted molar refractivity (Wildman–Crippen MR) is 71.2 cm³/mol. The highest BCUT2D eigenvalue weighted by atomic mass is 35.5. The number of hydrogen-bond acceptors (Lipinski definition) is 3. The summed E-state index contributed by atoms with van der Waals surface area (Å²) in [6.07, 6.45) is 2.00. The van der Waals surface area contributed by atoms with Gasteiger partial charge in [0.15, 0.2) is 0 Å². The molecule has 0 saturated heterocycles. The second-order valence-corrected chi connectivity index (χ2v) is 4.91. The fourth-order valence-corrected chi connectivity index (χ4v) is 2.07. The number of halogens is 1. The van der Waals surface area contributed by atoms with E-state index in [0.29, 0.717) is 16.3 Å². The lowest BCUT2D eigenvalue weighted by Gasteiger charge is -2.13. The van der Waals surface area contributed by atoms with Crippen molar-refractivity contribution in [3.63, 3.8) is 0 Å².